The first-order valence-corrected chi connectivity index (χ1v) is 7.88. The molecule has 2 aromatic rings. The van der Waals surface area contributed by atoms with E-state index >= 15 is 0 Å². The summed E-state index contributed by atoms with van der Waals surface area (Å²) in [5, 5.41) is 0.928. The summed E-state index contributed by atoms with van der Waals surface area (Å²) >= 11 is 12.0. The maximum atomic E-state index is 6.05. The molecule has 22 heavy (non-hydrogen) atoms. The maximum absolute atomic E-state index is 6.05. The Morgan fingerprint density at radius 3 is 2.32 bits per heavy atom. The molecule has 0 fully saturated rings. The summed E-state index contributed by atoms with van der Waals surface area (Å²) in [7, 11) is 0. The molecule has 0 aliphatic carbocycles. The Balaban J connectivity index is 1.73. The van der Waals surface area contributed by atoms with Crippen molar-refractivity contribution in [1.29, 1.82) is 0 Å². The molecule has 0 aromatic heterocycles. The van der Waals surface area contributed by atoms with Gasteiger partial charge in [0, 0.05) is 12.5 Å². The van der Waals surface area contributed by atoms with E-state index in [1.807, 2.05) is 31.2 Å². The van der Waals surface area contributed by atoms with E-state index in [4.69, 9.17) is 37.4 Å². The zero-order chi connectivity index (χ0) is 15.8. The number of halogens is 2. The Morgan fingerprint density at radius 2 is 1.55 bits per heavy atom. The molecule has 0 aliphatic heterocycles. The number of rotatable bonds is 8. The van der Waals surface area contributed by atoms with Crippen LogP contribution in [0.5, 0.6) is 17.2 Å². The smallest absolute Gasteiger partial charge is 0.139 e. The van der Waals surface area contributed by atoms with E-state index in [0.29, 0.717) is 35.6 Å². The number of benzene rings is 2. The van der Waals surface area contributed by atoms with Crippen molar-refractivity contribution in [3.63, 3.8) is 0 Å². The molecule has 0 saturated carbocycles. The Morgan fingerprint density at radius 1 is 0.864 bits per heavy atom. The third-order valence-corrected chi connectivity index (χ3v) is 3.65. The minimum Gasteiger partial charge on any atom is -0.494 e. The van der Waals surface area contributed by atoms with Gasteiger partial charge in [-0.05, 0) is 31.2 Å². The number of hydrogen-bond donors (Lipinski definition) is 0. The van der Waals surface area contributed by atoms with Crippen molar-refractivity contribution in [2.24, 2.45) is 0 Å². The average molecular weight is 341 g/mol. The highest BCUT2D eigenvalue weighted by molar-refractivity contribution is 6.42. The number of ether oxygens (including phenoxy) is 3. The summed E-state index contributed by atoms with van der Waals surface area (Å²) in [6.45, 7) is 3.64. The summed E-state index contributed by atoms with van der Waals surface area (Å²) in [5.74, 6) is 2.18. The van der Waals surface area contributed by atoms with Crippen LogP contribution in [0.25, 0.3) is 0 Å². The van der Waals surface area contributed by atoms with Crippen molar-refractivity contribution in [3.8, 4) is 17.2 Å². The second kappa shape index (κ2) is 8.76. The molecule has 0 heterocycles. The molecular formula is C17H18Cl2O3. The predicted octanol–water partition coefficient (Wildman–Crippen LogP) is 5.24. The van der Waals surface area contributed by atoms with Gasteiger partial charge in [-0.1, -0.05) is 35.3 Å². The van der Waals surface area contributed by atoms with Crippen LogP contribution in [0.3, 0.4) is 0 Å². The number of hydrogen-bond acceptors (Lipinski definition) is 3. The second-order valence-corrected chi connectivity index (χ2v) is 5.30. The molecule has 0 unspecified atom stereocenters. The van der Waals surface area contributed by atoms with Gasteiger partial charge in [-0.15, -0.1) is 0 Å². The molecule has 2 rings (SSSR count). The monoisotopic (exact) mass is 340 g/mol. The Bertz CT molecular complexity index is 602. The van der Waals surface area contributed by atoms with Crippen LogP contribution in [-0.4, -0.2) is 19.8 Å². The van der Waals surface area contributed by atoms with Gasteiger partial charge in [0.15, 0.2) is 0 Å². The lowest BCUT2D eigenvalue weighted by Crippen LogP contribution is -2.05. The summed E-state index contributed by atoms with van der Waals surface area (Å²) in [6.07, 6.45) is 0.738. The van der Waals surface area contributed by atoms with Crippen molar-refractivity contribution in [2.45, 2.75) is 13.3 Å². The molecule has 0 saturated heterocycles. The molecule has 5 heteroatoms. The zero-order valence-electron chi connectivity index (χ0n) is 12.4. The minimum atomic E-state index is 0.439. The molecule has 0 N–H and O–H groups in total. The van der Waals surface area contributed by atoms with Gasteiger partial charge >= 0.3 is 0 Å². The third-order valence-electron chi connectivity index (χ3n) is 2.85. The van der Waals surface area contributed by atoms with Gasteiger partial charge in [0.2, 0.25) is 0 Å². The fraction of sp³-hybridized carbons (Fsp3) is 0.294. The van der Waals surface area contributed by atoms with E-state index in [0.717, 1.165) is 17.9 Å². The largest absolute Gasteiger partial charge is 0.494 e. The second-order valence-electron chi connectivity index (χ2n) is 4.51. The lowest BCUT2D eigenvalue weighted by atomic mass is 10.3. The van der Waals surface area contributed by atoms with Crippen LogP contribution < -0.4 is 14.2 Å². The van der Waals surface area contributed by atoms with Crippen LogP contribution in [0.1, 0.15) is 13.3 Å². The van der Waals surface area contributed by atoms with Crippen molar-refractivity contribution >= 4 is 23.2 Å². The van der Waals surface area contributed by atoms with E-state index < -0.39 is 0 Å². The molecule has 3 nitrogen and oxygen atoms in total. The lowest BCUT2D eigenvalue weighted by Gasteiger charge is -2.10. The molecule has 0 radical (unpaired) electrons. The fourth-order valence-corrected chi connectivity index (χ4v) is 2.19. The van der Waals surface area contributed by atoms with Crippen LogP contribution in [0.2, 0.25) is 10.0 Å². The van der Waals surface area contributed by atoms with Crippen molar-refractivity contribution < 1.29 is 14.2 Å². The molecule has 0 spiro atoms. The SMILES string of the molecule is CCOc1cccc(OCCCOc2cccc(Cl)c2Cl)c1. The molecule has 2 aromatic carbocycles. The van der Waals surface area contributed by atoms with Gasteiger partial charge in [0.1, 0.15) is 22.3 Å². The van der Waals surface area contributed by atoms with Gasteiger partial charge < -0.3 is 14.2 Å². The van der Waals surface area contributed by atoms with Gasteiger partial charge in [0.05, 0.1) is 24.8 Å². The Labute approximate surface area is 140 Å². The zero-order valence-corrected chi connectivity index (χ0v) is 13.9. The normalized spacial score (nSPS) is 10.3. The topological polar surface area (TPSA) is 27.7 Å². The van der Waals surface area contributed by atoms with Crippen LogP contribution in [0, 0.1) is 0 Å². The van der Waals surface area contributed by atoms with E-state index in [-0.39, 0.29) is 0 Å². The summed E-state index contributed by atoms with van der Waals surface area (Å²) < 4.78 is 16.7. The fourth-order valence-electron chi connectivity index (χ4n) is 1.85. The highest BCUT2D eigenvalue weighted by Crippen LogP contribution is 2.31. The average Bonchev–Trinajstić information content (AvgIpc) is 2.52. The van der Waals surface area contributed by atoms with Crippen LogP contribution in [0.4, 0.5) is 0 Å². The first-order chi connectivity index (χ1) is 10.7. The molecule has 0 bridgehead atoms. The first kappa shape index (κ1) is 16.8. The summed E-state index contributed by atoms with van der Waals surface area (Å²) in [6, 6.07) is 12.9. The predicted molar refractivity (Wildman–Crippen MR) is 89.7 cm³/mol. The third kappa shape index (κ3) is 5.00. The van der Waals surface area contributed by atoms with E-state index in [1.165, 1.54) is 0 Å². The van der Waals surface area contributed by atoms with E-state index in [9.17, 15) is 0 Å². The molecule has 0 atom stereocenters. The van der Waals surface area contributed by atoms with Gasteiger partial charge in [-0.2, -0.15) is 0 Å². The molecule has 0 aliphatic rings. The Kier molecular flexibility index (Phi) is 6.69. The van der Waals surface area contributed by atoms with Gasteiger partial charge in [-0.25, -0.2) is 0 Å². The minimum absolute atomic E-state index is 0.439. The van der Waals surface area contributed by atoms with Crippen molar-refractivity contribution in [1.82, 2.24) is 0 Å². The highest BCUT2D eigenvalue weighted by Gasteiger charge is 2.05. The van der Waals surface area contributed by atoms with Crippen LogP contribution in [0.15, 0.2) is 42.5 Å². The molecular weight excluding hydrogens is 323 g/mol. The lowest BCUT2D eigenvalue weighted by molar-refractivity contribution is 0.246. The highest BCUT2D eigenvalue weighted by atomic mass is 35.5. The van der Waals surface area contributed by atoms with Crippen molar-refractivity contribution in [2.75, 3.05) is 19.8 Å². The van der Waals surface area contributed by atoms with E-state index in [2.05, 4.69) is 0 Å². The van der Waals surface area contributed by atoms with Crippen LogP contribution >= 0.6 is 23.2 Å². The van der Waals surface area contributed by atoms with Crippen molar-refractivity contribution in [3.05, 3.63) is 52.5 Å². The van der Waals surface area contributed by atoms with Gasteiger partial charge in [-0.3, -0.25) is 0 Å². The first-order valence-electron chi connectivity index (χ1n) is 7.13. The molecule has 0 amide bonds. The van der Waals surface area contributed by atoms with Gasteiger partial charge in [0.25, 0.3) is 0 Å². The maximum Gasteiger partial charge on any atom is 0.139 e. The van der Waals surface area contributed by atoms with Crippen LogP contribution in [-0.2, 0) is 0 Å². The standard InChI is InChI=1S/C17H18Cl2O3/c1-2-20-13-6-3-7-14(12-13)21-10-5-11-22-16-9-4-8-15(18)17(16)19/h3-4,6-9,12H,2,5,10-11H2,1H3. The molecule has 118 valence electrons. The quantitative estimate of drug-likeness (QED) is 0.615. The summed E-state index contributed by atoms with van der Waals surface area (Å²) in [4.78, 5) is 0. The van der Waals surface area contributed by atoms with E-state index in [1.54, 1.807) is 18.2 Å². The Hall–Kier alpha value is -1.58. The summed E-state index contributed by atoms with van der Waals surface area (Å²) in [5.41, 5.74) is 0.